The molecule has 0 saturated heterocycles. The molecule has 0 heterocycles. The monoisotopic (exact) mass is 178 g/mol. The molecule has 0 aliphatic rings. The first-order chi connectivity index (χ1) is 2.56. The lowest BCUT2D eigenvalue weighted by molar-refractivity contribution is -0.0439. The normalized spacial score (nSPS) is 14.0. The minimum absolute atomic E-state index is 1.94. The van der Waals surface area contributed by atoms with Gasteiger partial charge in [-0.25, -0.2) is 0 Å². The van der Waals surface area contributed by atoms with E-state index >= 15 is 0 Å². The predicted octanol–water partition coefficient (Wildman–Crippen LogP) is 0.985. The molecule has 0 aromatic heterocycles. The van der Waals surface area contributed by atoms with Crippen LogP contribution in [0.3, 0.4) is 0 Å². The van der Waals surface area contributed by atoms with Crippen LogP contribution in [0.15, 0.2) is 0 Å². The van der Waals surface area contributed by atoms with Gasteiger partial charge in [-0.15, -0.1) is 15.3 Å². The number of hydrogen-bond acceptors (Lipinski definition) is 0. The maximum Gasteiger partial charge on any atom is 0.366 e. The molecule has 0 aromatic rings. The van der Waals surface area contributed by atoms with Gasteiger partial charge < -0.3 is 0 Å². The van der Waals surface area contributed by atoms with Crippen LogP contribution in [0.25, 0.3) is 0 Å². The summed E-state index contributed by atoms with van der Waals surface area (Å²) in [6.07, 6.45) is 0. The van der Waals surface area contributed by atoms with Gasteiger partial charge in [-0.05, 0) is 0 Å². The molecule has 0 saturated carbocycles. The fourth-order valence-electron chi connectivity index (χ4n) is 0. The first-order valence-electron chi connectivity index (χ1n) is 1.19. The Balaban J connectivity index is 3.17. The van der Waals surface area contributed by atoms with Crippen molar-refractivity contribution in [3.63, 3.8) is 0 Å². The molecule has 0 rings (SSSR count). The van der Waals surface area contributed by atoms with Gasteiger partial charge in [-0.2, -0.15) is 13.2 Å². The van der Waals surface area contributed by atoms with E-state index in [2.05, 4.69) is 15.3 Å². The molecular weight excluding hydrogens is 177 g/mol. The smallest absolute Gasteiger partial charge is 0.176 e. The molecule has 0 aliphatic heterocycles. The lowest BCUT2D eigenvalue weighted by Gasteiger charge is -1.94. The zero-order valence-electron chi connectivity index (χ0n) is 2.72. The van der Waals surface area contributed by atoms with E-state index in [9.17, 15) is 13.2 Å². The Bertz CT molecular complexity index is 40.5. The van der Waals surface area contributed by atoms with Crippen molar-refractivity contribution in [1.29, 1.82) is 0 Å². The zero-order valence-corrected chi connectivity index (χ0v) is 5.72. The van der Waals surface area contributed by atoms with Crippen LogP contribution in [0, 0.1) is 0 Å². The minimum atomic E-state index is -3.90. The summed E-state index contributed by atoms with van der Waals surface area (Å²) in [7, 11) is -1.94. The summed E-state index contributed by atoms with van der Waals surface area (Å²) in [5.41, 5.74) is 0. The first-order valence-corrected chi connectivity index (χ1v) is 5.79. The average molecular weight is 179 g/mol. The van der Waals surface area contributed by atoms with E-state index in [0.29, 0.717) is 0 Å². The molecule has 38 valence electrons. The summed E-state index contributed by atoms with van der Waals surface area (Å²) in [6, 6.07) is 0. The molecule has 6 heavy (non-hydrogen) atoms. The molecular formula is CH2BrF3Si. The highest BCUT2D eigenvalue weighted by Crippen LogP contribution is 2.13. The van der Waals surface area contributed by atoms with Crippen molar-refractivity contribution in [2.45, 2.75) is 5.80 Å². The summed E-state index contributed by atoms with van der Waals surface area (Å²) >= 11 is 2.38. The van der Waals surface area contributed by atoms with Gasteiger partial charge in [-0.1, -0.05) is 0 Å². The largest absolute Gasteiger partial charge is 0.366 e. The van der Waals surface area contributed by atoms with Gasteiger partial charge in [0.2, 0.25) is 8.14 Å². The summed E-state index contributed by atoms with van der Waals surface area (Å²) in [6.45, 7) is 0. The van der Waals surface area contributed by atoms with Crippen LogP contribution in [-0.4, -0.2) is 13.9 Å². The SMILES string of the molecule is FC(F)(F)[SiH2]Br. The molecule has 0 nitrogen and oxygen atoms in total. The number of rotatable bonds is 0. The van der Waals surface area contributed by atoms with Crippen molar-refractivity contribution in [3.8, 4) is 0 Å². The molecule has 0 amide bonds. The van der Waals surface area contributed by atoms with Crippen molar-refractivity contribution >= 4 is 23.4 Å². The van der Waals surface area contributed by atoms with E-state index in [0.717, 1.165) is 0 Å². The molecule has 0 atom stereocenters. The maximum absolute atomic E-state index is 10.8. The van der Waals surface area contributed by atoms with Crippen LogP contribution >= 0.6 is 15.3 Å². The van der Waals surface area contributed by atoms with Crippen molar-refractivity contribution in [3.05, 3.63) is 0 Å². The maximum atomic E-state index is 10.8. The van der Waals surface area contributed by atoms with Crippen LogP contribution in [0.1, 0.15) is 0 Å². The van der Waals surface area contributed by atoms with Crippen LogP contribution in [0.4, 0.5) is 13.2 Å². The molecule has 5 heteroatoms. The lowest BCUT2D eigenvalue weighted by Crippen LogP contribution is -2.11. The van der Waals surface area contributed by atoms with Gasteiger partial charge in [0.05, 0.1) is 0 Å². The second-order valence-corrected chi connectivity index (χ2v) is 3.50. The molecule has 0 spiro atoms. The molecule has 0 fully saturated rings. The Morgan fingerprint density at radius 1 is 1.33 bits per heavy atom. The van der Waals surface area contributed by atoms with E-state index < -0.39 is 13.9 Å². The number of alkyl halides is 3. The molecule has 0 bridgehead atoms. The van der Waals surface area contributed by atoms with Crippen LogP contribution in [-0.2, 0) is 0 Å². The second-order valence-electron chi connectivity index (χ2n) is 0.749. The van der Waals surface area contributed by atoms with Crippen molar-refractivity contribution in [2.75, 3.05) is 0 Å². The summed E-state index contributed by atoms with van der Waals surface area (Å²) < 4.78 is 32.4. The van der Waals surface area contributed by atoms with E-state index in [-0.39, 0.29) is 0 Å². The highest BCUT2D eigenvalue weighted by atomic mass is 79.9. The molecule has 0 aliphatic carbocycles. The zero-order chi connectivity index (χ0) is 5.21. The molecule has 0 aromatic carbocycles. The topological polar surface area (TPSA) is 0 Å². The van der Waals surface area contributed by atoms with Crippen LogP contribution < -0.4 is 0 Å². The first kappa shape index (κ1) is 6.49. The van der Waals surface area contributed by atoms with Gasteiger partial charge >= 0.3 is 5.80 Å². The Kier molecular flexibility index (Phi) is 2.13. The van der Waals surface area contributed by atoms with Gasteiger partial charge in [0.1, 0.15) is 0 Å². The fourth-order valence-corrected chi connectivity index (χ4v) is 0. The fraction of sp³-hybridized carbons (Fsp3) is 1.00. The van der Waals surface area contributed by atoms with Crippen molar-refractivity contribution in [2.24, 2.45) is 0 Å². The predicted molar refractivity (Wildman–Crippen MR) is 23.5 cm³/mol. The minimum Gasteiger partial charge on any atom is -0.176 e. The van der Waals surface area contributed by atoms with Gasteiger partial charge in [0, 0.05) is 0 Å². The highest BCUT2D eigenvalue weighted by molar-refractivity contribution is 9.23. The Labute approximate surface area is 43.1 Å². The van der Waals surface area contributed by atoms with Crippen molar-refractivity contribution < 1.29 is 13.2 Å². The van der Waals surface area contributed by atoms with Crippen molar-refractivity contribution in [1.82, 2.24) is 0 Å². The quantitative estimate of drug-likeness (QED) is 0.384. The Morgan fingerprint density at radius 3 is 1.50 bits per heavy atom. The standard InChI is InChI=1S/CH2BrF3Si/c2-6-1(3,4)5/h6H2. The van der Waals surface area contributed by atoms with Gasteiger partial charge in [-0.3, -0.25) is 0 Å². The van der Waals surface area contributed by atoms with E-state index in [1.54, 1.807) is 0 Å². The van der Waals surface area contributed by atoms with E-state index in [1.807, 2.05) is 0 Å². The molecule has 0 unspecified atom stereocenters. The third-order valence-electron chi connectivity index (χ3n) is 0.152. The summed E-state index contributed by atoms with van der Waals surface area (Å²) in [5.74, 6) is -3.90. The van der Waals surface area contributed by atoms with Gasteiger partial charge in [0.25, 0.3) is 0 Å². The third-order valence-corrected chi connectivity index (χ3v) is 2.36. The average Bonchev–Trinajstić information content (AvgIpc) is 1.35. The van der Waals surface area contributed by atoms with Crippen LogP contribution in [0.2, 0.25) is 0 Å². The lowest BCUT2D eigenvalue weighted by atomic mass is 11.5. The Hall–Kier alpha value is 0.487. The number of hydrogen-bond donors (Lipinski definition) is 0. The van der Waals surface area contributed by atoms with Gasteiger partial charge in [0.15, 0.2) is 0 Å². The molecule has 0 radical (unpaired) electrons. The van der Waals surface area contributed by atoms with E-state index in [1.165, 1.54) is 0 Å². The van der Waals surface area contributed by atoms with E-state index in [4.69, 9.17) is 0 Å². The summed E-state index contributed by atoms with van der Waals surface area (Å²) in [5, 5.41) is 0. The summed E-state index contributed by atoms with van der Waals surface area (Å²) in [4.78, 5) is 0. The number of halogens is 4. The van der Waals surface area contributed by atoms with Crippen LogP contribution in [0.5, 0.6) is 0 Å². The Morgan fingerprint density at radius 2 is 1.50 bits per heavy atom. The second kappa shape index (κ2) is 1.97. The highest BCUT2D eigenvalue weighted by Gasteiger charge is 2.24. The molecule has 0 N–H and O–H groups in total. The third kappa shape index (κ3) is 4.49.